The molecule has 2 rings (SSSR count). The lowest BCUT2D eigenvalue weighted by Crippen LogP contribution is -2.50. The molecule has 0 amide bonds. The molecular formula is C15H28N4O2S. The van der Waals surface area contributed by atoms with Crippen molar-refractivity contribution in [3.05, 3.63) is 18.2 Å². The summed E-state index contributed by atoms with van der Waals surface area (Å²) in [7, 11) is -3.11. The predicted molar refractivity (Wildman–Crippen MR) is 88.4 cm³/mol. The Labute approximate surface area is 134 Å². The lowest BCUT2D eigenvalue weighted by molar-refractivity contribution is 0.181. The van der Waals surface area contributed by atoms with Crippen LogP contribution in [0.3, 0.4) is 0 Å². The molecule has 1 saturated heterocycles. The Morgan fingerprint density at radius 2 is 1.73 bits per heavy atom. The van der Waals surface area contributed by atoms with Crippen LogP contribution in [0.25, 0.3) is 0 Å². The molecule has 1 fully saturated rings. The van der Waals surface area contributed by atoms with Crippen LogP contribution >= 0.6 is 0 Å². The minimum Gasteiger partial charge on any atom is -0.333 e. The fraction of sp³-hybridized carbons (Fsp3) is 0.800. The van der Waals surface area contributed by atoms with Crippen molar-refractivity contribution in [2.24, 2.45) is 0 Å². The Hall–Kier alpha value is -0.920. The van der Waals surface area contributed by atoms with Gasteiger partial charge in [0.25, 0.3) is 0 Å². The minimum absolute atomic E-state index is 0.335. The average molecular weight is 328 g/mol. The van der Waals surface area contributed by atoms with Crippen molar-refractivity contribution in [2.75, 3.05) is 32.7 Å². The number of sulfonamides is 1. The van der Waals surface area contributed by atoms with Gasteiger partial charge in [0.2, 0.25) is 10.0 Å². The predicted octanol–water partition coefficient (Wildman–Crippen LogP) is 1.36. The Bertz CT molecular complexity index is 572. The summed E-state index contributed by atoms with van der Waals surface area (Å²) < 4.78 is 28.1. The van der Waals surface area contributed by atoms with Crippen molar-refractivity contribution < 1.29 is 8.42 Å². The van der Waals surface area contributed by atoms with Crippen LogP contribution in [-0.2, 0) is 16.6 Å². The van der Waals surface area contributed by atoms with Gasteiger partial charge in [-0.25, -0.2) is 13.4 Å². The van der Waals surface area contributed by atoms with Gasteiger partial charge < -0.3 is 4.57 Å². The molecule has 22 heavy (non-hydrogen) atoms. The molecule has 1 aromatic rings. The maximum absolute atomic E-state index is 12.2. The van der Waals surface area contributed by atoms with Crippen LogP contribution in [0.1, 0.15) is 39.4 Å². The molecule has 126 valence electrons. The van der Waals surface area contributed by atoms with E-state index >= 15 is 0 Å². The molecule has 1 aliphatic heterocycles. The van der Waals surface area contributed by atoms with Crippen molar-refractivity contribution in [2.45, 2.75) is 45.4 Å². The summed E-state index contributed by atoms with van der Waals surface area (Å²) in [6, 6.07) is 0. The van der Waals surface area contributed by atoms with Crippen molar-refractivity contribution in [3.8, 4) is 0 Å². The largest absolute Gasteiger partial charge is 0.333 e. The highest BCUT2D eigenvalue weighted by Gasteiger charge is 2.29. The van der Waals surface area contributed by atoms with E-state index in [2.05, 4.69) is 28.3 Å². The van der Waals surface area contributed by atoms with E-state index in [4.69, 9.17) is 0 Å². The summed E-state index contributed by atoms with van der Waals surface area (Å²) in [5.41, 5.74) is 0. The van der Waals surface area contributed by atoms with E-state index in [0.29, 0.717) is 19.0 Å². The zero-order chi connectivity index (χ0) is 16.3. The molecule has 1 aromatic heterocycles. The van der Waals surface area contributed by atoms with Crippen LogP contribution in [0, 0.1) is 0 Å². The standard InChI is InChI=1S/C15H28N4O2S/c1-13(2)15-16-5-6-18(15)10-7-17-8-11-19(12-9-17)22(20,21)14(3)4/h5-6,13-14H,7-12H2,1-4H3. The van der Waals surface area contributed by atoms with Crippen LogP contribution < -0.4 is 0 Å². The molecule has 0 spiro atoms. The summed E-state index contributed by atoms with van der Waals surface area (Å²) in [5, 5.41) is -0.335. The van der Waals surface area contributed by atoms with E-state index in [9.17, 15) is 8.42 Å². The maximum Gasteiger partial charge on any atom is 0.216 e. The van der Waals surface area contributed by atoms with Gasteiger partial charge >= 0.3 is 0 Å². The van der Waals surface area contributed by atoms with E-state index in [1.165, 1.54) is 0 Å². The molecule has 0 saturated carbocycles. The molecule has 0 aromatic carbocycles. The van der Waals surface area contributed by atoms with Gasteiger partial charge in [0, 0.05) is 57.6 Å². The highest BCUT2D eigenvalue weighted by atomic mass is 32.2. The molecule has 7 heteroatoms. The number of aromatic nitrogens is 2. The molecule has 0 unspecified atom stereocenters. The SMILES string of the molecule is CC(C)c1nccn1CCN1CCN(S(=O)(=O)C(C)C)CC1. The smallest absolute Gasteiger partial charge is 0.216 e. The summed E-state index contributed by atoms with van der Waals surface area (Å²) in [6.07, 6.45) is 3.87. The first-order valence-corrected chi connectivity index (χ1v) is 9.55. The molecule has 2 heterocycles. The molecular weight excluding hydrogens is 300 g/mol. The number of imidazole rings is 1. The van der Waals surface area contributed by atoms with Crippen LogP contribution in [-0.4, -0.2) is 65.1 Å². The monoisotopic (exact) mass is 328 g/mol. The third-order valence-corrected chi connectivity index (χ3v) is 6.48. The van der Waals surface area contributed by atoms with Gasteiger partial charge in [-0.15, -0.1) is 0 Å². The molecule has 0 atom stereocenters. The number of hydrogen-bond acceptors (Lipinski definition) is 4. The van der Waals surface area contributed by atoms with E-state index in [1.54, 1.807) is 18.2 Å². The Balaban J connectivity index is 1.84. The summed E-state index contributed by atoms with van der Waals surface area (Å²) in [4.78, 5) is 6.73. The van der Waals surface area contributed by atoms with Crippen molar-refractivity contribution in [3.63, 3.8) is 0 Å². The second kappa shape index (κ2) is 7.10. The first-order chi connectivity index (χ1) is 10.3. The van der Waals surface area contributed by atoms with Crippen molar-refractivity contribution in [1.82, 2.24) is 18.8 Å². The Morgan fingerprint density at radius 1 is 1.09 bits per heavy atom. The van der Waals surface area contributed by atoms with Gasteiger partial charge in [-0.1, -0.05) is 13.8 Å². The van der Waals surface area contributed by atoms with Crippen LogP contribution in [0.2, 0.25) is 0 Å². The lowest BCUT2D eigenvalue weighted by atomic mass is 10.2. The molecule has 0 bridgehead atoms. The molecule has 1 aliphatic rings. The minimum atomic E-state index is -3.11. The van der Waals surface area contributed by atoms with Gasteiger partial charge in [0.1, 0.15) is 5.82 Å². The Kier molecular flexibility index (Phi) is 5.63. The summed E-state index contributed by atoms with van der Waals surface area (Å²) in [5.74, 6) is 1.53. The first kappa shape index (κ1) is 17.4. The maximum atomic E-state index is 12.2. The van der Waals surface area contributed by atoms with E-state index in [-0.39, 0.29) is 5.25 Å². The van der Waals surface area contributed by atoms with Crippen molar-refractivity contribution >= 4 is 10.0 Å². The molecule has 0 N–H and O–H groups in total. The molecule has 0 aliphatic carbocycles. The first-order valence-electron chi connectivity index (χ1n) is 8.04. The topological polar surface area (TPSA) is 58.4 Å². The fourth-order valence-corrected chi connectivity index (χ4v) is 4.03. The van der Waals surface area contributed by atoms with Crippen LogP contribution in [0.4, 0.5) is 0 Å². The average Bonchev–Trinajstić information content (AvgIpc) is 2.94. The van der Waals surface area contributed by atoms with Crippen molar-refractivity contribution in [1.29, 1.82) is 0 Å². The number of rotatable bonds is 6. The second-order valence-corrected chi connectivity index (χ2v) is 8.96. The highest BCUT2D eigenvalue weighted by molar-refractivity contribution is 7.89. The third kappa shape index (κ3) is 3.88. The summed E-state index contributed by atoms with van der Waals surface area (Å²) in [6.45, 7) is 12.4. The number of nitrogens with zero attached hydrogens (tertiary/aromatic N) is 4. The third-order valence-electron chi connectivity index (χ3n) is 4.21. The quantitative estimate of drug-likeness (QED) is 0.791. The summed E-state index contributed by atoms with van der Waals surface area (Å²) >= 11 is 0. The lowest BCUT2D eigenvalue weighted by Gasteiger charge is -2.35. The van der Waals surface area contributed by atoms with Gasteiger partial charge in [-0.3, -0.25) is 4.90 Å². The zero-order valence-corrected chi connectivity index (χ0v) is 14.9. The number of hydrogen-bond donors (Lipinski definition) is 0. The normalized spacial score (nSPS) is 18.5. The van der Waals surface area contributed by atoms with Crippen LogP contribution in [0.5, 0.6) is 0 Å². The number of piperazine rings is 1. The van der Waals surface area contributed by atoms with E-state index in [1.807, 2.05) is 12.4 Å². The van der Waals surface area contributed by atoms with Gasteiger partial charge in [-0.05, 0) is 13.8 Å². The molecule has 0 radical (unpaired) electrons. The van der Waals surface area contributed by atoms with Crippen LogP contribution in [0.15, 0.2) is 12.4 Å². The van der Waals surface area contributed by atoms with Gasteiger partial charge in [0.05, 0.1) is 5.25 Å². The molecule has 6 nitrogen and oxygen atoms in total. The fourth-order valence-electron chi connectivity index (χ4n) is 2.77. The second-order valence-electron chi connectivity index (χ2n) is 6.47. The van der Waals surface area contributed by atoms with Gasteiger partial charge in [-0.2, -0.15) is 4.31 Å². The van der Waals surface area contributed by atoms with E-state index in [0.717, 1.165) is 32.0 Å². The zero-order valence-electron chi connectivity index (χ0n) is 14.1. The van der Waals surface area contributed by atoms with Gasteiger partial charge in [0.15, 0.2) is 0 Å². The Morgan fingerprint density at radius 3 is 2.27 bits per heavy atom. The van der Waals surface area contributed by atoms with E-state index < -0.39 is 10.0 Å². The highest BCUT2D eigenvalue weighted by Crippen LogP contribution is 2.14.